The van der Waals surface area contributed by atoms with Crippen LogP contribution in [0, 0.1) is 5.82 Å². The van der Waals surface area contributed by atoms with Crippen LogP contribution in [0.15, 0.2) is 137 Å². The zero-order valence-corrected chi connectivity index (χ0v) is 23.8. The SMILES string of the molecule is C=CC1=C(/C=C\C)SC2=C(c3cc(F)cc(-c4ccc5c6ccccc6c6ccccc6c5c4)c3)C=CCC2S1. The van der Waals surface area contributed by atoms with E-state index in [0.717, 1.165) is 28.7 Å². The van der Waals surface area contributed by atoms with E-state index in [2.05, 4.69) is 104 Å². The first-order chi connectivity index (χ1) is 19.6. The summed E-state index contributed by atoms with van der Waals surface area (Å²) in [4.78, 5) is 3.70. The van der Waals surface area contributed by atoms with Crippen molar-refractivity contribution < 1.29 is 4.39 Å². The highest BCUT2D eigenvalue weighted by Gasteiger charge is 2.29. The van der Waals surface area contributed by atoms with Gasteiger partial charge in [0.2, 0.25) is 0 Å². The Labute approximate surface area is 242 Å². The number of benzene rings is 5. The van der Waals surface area contributed by atoms with Crippen LogP contribution in [-0.4, -0.2) is 5.25 Å². The summed E-state index contributed by atoms with van der Waals surface area (Å²) in [5.74, 6) is -0.218. The number of fused-ring (bicyclic) bond motifs is 7. The van der Waals surface area contributed by atoms with Crippen molar-refractivity contribution in [1.29, 1.82) is 0 Å². The van der Waals surface area contributed by atoms with Gasteiger partial charge in [0, 0.05) is 20.0 Å². The van der Waals surface area contributed by atoms with Gasteiger partial charge in [-0.3, -0.25) is 0 Å². The summed E-state index contributed by atoms with van der Waals surface area (Å²) in [7, 11) is 0. The predicted octanol–water partition coefficient (Wildman–Crippen LogP) is 11.4. The Kier molecular flexibility index (Phi) is 6.50. The van der Waals surface area contributed by atoms with E-state index in [4.69, 9.17) is 0 Å². The second-order valence-electron chi connectivity index (χ2n) is 10.1. The topological polar surface area (TPSA) is 0 Å². The maximum atomic E-state index is 15.3. The molecular formula is C37H27FS2. The third-order valence-electron chi connectivity index (χ3n) is 7.71. The molecule has 3 heteroatoms. The van der Waals surface area contributed by atoms with E-state index < -0.39 is 0 Å². The Morgan fingerprint density at radius 3 is 2.08 bits per heavy atom. The number of hydrogen-bond acceptors (Lipinski definition) is 2. The third-order valence-corrected chi connectivity index (χ3v) is 10.6. The van der Waals surface area contributed by atoms with Gasteiger partial charge in [-0.1, -0.05) is 109 Å². The third kappa shape index (κ3) is 4.25. The van der Waals surface area contributed by atoms with Crippen LogP contribution in [0.1, 0.15) is 18.9 Å². The Balaban J connectivity index is 1.40. The summed E-state index contributed by atoms with van der Waals surface area (Å²) >= 11 is 3.65. The van der Waals surface area contributed by atoms with Crippen LogP contribution >= 0.6 is 23.5 Å². The molecule has 0 N–H and O–H groups in total. The molecule has 0 bridgehead atoms. The van der Waals surface area contributed by atoms with Crippen molar-refractivity contribution in [3.63, 3.8) is 0 Å². The maximum Gasteiger partial charge on any atom is 0.124 e. The number of hydrogen-bond donors (Lipinski definition) is 0. The molecule has 5 aromatic rings. The molecule has 0 aromatic heterocycles. The molecule has 0 saturated heterocycles. The molecule has 194 valence electrons. The molecule has 7 rings (SSSR count). The van der Waals surface area contributed by atoms with Crippen LogP contribution < -0.4 is 0 Å². The van der Waals surface area contributed by atoms with Gasteiger partial charge < -0.3 is 0 Å². The summed E-state index contributed by atoms with van der Waals surface area (Å²) in [6.07, 6.45) is 11.5. The maximum absolute atomic E-state index is 15.3. The molecule has 2 aliphatic rings. The van der Waals surface area contributed by atoms with Crippen molar-refractivity contribution in [1.82, 2.24) is 0 Å². The van der Waals surface area contributed by atoms with Crippen LogP contribution in [0.2, 0.25) is 0 Å². The fourth-order valence-electron chi connectivity index (χ4n) is 5.93. The number of thioether (sulfide) groups is 2. The summed E-state index contributed by atoms with van der Waals surface area (Å²) in [6, 6.07) is 29.2. The second kappa shape index (κ2) is 10.3. The van der Waals surface area contributed by atoms with Crippen LogP contribution in [0.5, 0.6) is 0 Å². The van der Waals surface area contributed by atoms with E-state index in [1.807, 2.05) is 24.8 Å². The molecule has 0 amide bonds. The fourth-order valence-corrected chi connectivity index (χ4v) is 8.66. The first kappa shape index (κ1) is 25.2. The lowest BCUT2D eigenvalue weighted by molar-refractivity contribution is 0.628. The van der Waals surface area contributed by atoms with E-state index in [-0.39, 0.29) is 5.82 Å². The fraction of sp³-hybridized carbons (Fsp3) is 0.0811. The number of allylic oxidation sites excluding steroid dienone is 6. The molecule has 0 saturated carbocycles. The van der Waals surface area contributed by atoms with Gasteiger partial charge >= 0.3 is 0 Å². The Morgan fingerprint density at radius 2 is 1.40 bits per heavy atom. The number of rotatable bonds is 4. The van der Waals surface area contributed by atoms with Crippen LogP contribution in [-0.2, 0) is 0 Å². The molecule has 1 aliphatic carbocycles. The largest absolute Gasteiger partial charge is 0.207 e. The zero-order valence-electron chi connectivity index (χ0n) is 22.2. The summed E-state index contributed by atoms with van der Waals surface area (Å²) in [5.41, 5.74) is 3.94. The van der Waals surface area contributed by atoms with Gasteiger partial charge in [0.15, 0.2) is 0 Å². The van der Waals surface area contributed by atoms with Gasteiger partial charge in [0.25, 0.3) is 0 Å². The van der Waals surface area contributed by atoms with E-state index >= 15 is 4.39 Å². The lowest BCUT2D eigenvalue weighted by Crippen LogP contribution is -2.13. The molecule has 1 heterocycles. The molecular weight excluding hydrogens is 528 g/mol. The zero-order chi connectivity index (χ0) is 27.2. The Morgan fingerprint density at radius 1 is 0.750 bits per heavy atom. The molecule has 40 heavy (non-hydrogen) atoms. The molecule has 5 aromatic carbocycles. The highest BCUT2D eigenvalue weighted by Crippen LogP contribution is 2.52. The average molecular weight is 555 g/mol. The van der Waals surface area contributed by atoms with Gasteiger partial charge in [0.1, 0.15) is 5.82 Å². The van der Waals surface area contributed by atoms with Gasteiger partial charge in [-0.2, -0.15) is 0 Å². The summed E-state index contributed by atoms with van der Waals surface area (Å²) in [6.45, 7) is 6.07. The van der Waals surface area contributed by atoms with Crippen molar-refractivity contribution in [3.8, 4) is 11.1 Å². The van der Waals surface area contributed by atoms with Crippen molar-refractivity contribution in [3.05, 3.63) is 148 Å². The lowest BCUT2D eigenvalue weighted by atomic mass is 9.91. The monoisotopic (exact) mass is 554 g/mol. The average Bonchev–Trinajstić information content (AvgIpc) is 3.00. The van der Waals surface area contributed by atoms with Gasteiger partial charge in [-0.05, 0) is 92.2 Å². The lowest BCUT2D eigenvalue weighted by Gasteiger charge is -2.30. The molecule has 1 atom stereocenters. The molecule has 1 aliphatic heterocycles. The minimum absolute atomic E-state index is 0.218. The minimum atomic E-state index is -0.218. The molecule has 0 radical (unpaired) electrons. The van der Waals surface area contributed by atoms with E-state index in [1.54, 1.807) is 23.9 Å². The Hall–Kier alpha value is -3.79. The quantitative estimate of drug-likeness (QED) is 0.203. The van der Waals surface area contributed by atoms with Crippen molar-refractivity contribution >= 4 is 61.4 Å². The van der Waals surface area contributed by atoms with Gasteiger partial charge in [-0.15, -0.1) is 11.8 Å². The van der Waals surface area contributed by atoms with E-state index in [0.29, 0.717) is 5.25 Å². The predicted molar refractivity (Wildman–Crippen MR) is 176 cm³/mol. The van der Waals surface area contributed by atoms with Crippen LogP contribution in [0.4, 0.5) is 4.39 Å². The highest BCUT2D eigenvalue weighted by atomic mass is 32.2. The minimum Gasteiger partial charge on any atom is -0.207 e. The first-order valence-corrected chi connectivity index (χ1v) is 15.2. The van der Waals surface area contributed by atoms with E-state index in [9.17, 15) is 0 Å². The first-order valence-electron chi connectivity index (χ1n) is 13.5. The standard InChI is InChI=1S/C37H27FS2/c1-3-10-35-34(4-2)39-36-16-9-15-27(37(36)40-35)25-19-24(20-26(38)21-25)23-17-18-32-30-13-6-5-11-28(30)29-12-7-8-14-31(29)33(32)22-23/h3-15,17-22,36H,2,16H2,1H3/b10-3-. The van der Waals surface area contributed by atoms with Crippen molar-refractivity contribution in [2.75, 3.05) is 0 Å². The summed E-state index contributed by atoms with van der Waals surface area (Å²) in [5, 5.41) is 7.68. The Bertz CT molecular complexity index is 1940. The van der Waals surface area contributed by atoms with Crippen LogP contribution in [0.25, 0.3) is 49.0 Å². The van der Waals surface area contributed by atoms with Gasteiger partial charge in [-0.25, -0.2) is 4.39 Å². The van der Waals surface area contributed by atoms with Gasteiger partial charge in [0.05, 0.1) is 0 Å². The van der Waals surface area contributed by atoms with Crippen molar-refractivity contribution in [2.45, 2.75) is 18.6 Å². The molecule has 0 spiro atoms. The highest BCUT2D eigenvalue weighted by molar-refractivity contribution is 8.13. The van der Waals surface area contributed by atoms with Crippen LogP contribution in [0.3, 0.4) is 0 Å². The molecule has 0 nitrogen and oxygen atoms in total. The molecule has 1 unspecified atom stereocenters. The molecule has 0 fully saturated rings. The summed E-state index contributed by atoms with van der Waals surface area (Å²) < 4.78 is 15.3. The van der Waals surface area contributed by atoms with E-state index in [1.165, 1.54) is 47.0 Å². The smallest absolute Gasteiger partial charge is 0.124 e. The normalized spacial score (nSPS) is 17.4. The van der Waals surface area contributed by atoms with Crippen molar-refractivity contribution in [2.24, 2.45) is 0 Å². The second-order valence-corrected chi connectivity index (χ2v) is 12.5. The number of halogens is 1.